The zero-order valence-corrected chi connectivity index (χ0v) is 16.9. The fourth-order valence-corrected chi connectivity index (χ4v) is 4.24. The number of rotatable bonds is 6. The van der Waals surface area contributed by atoms with Crippen molar-refractivity contribution in [3.63, 3.8) is 0 Å². The molecule has 1 N–H and O–H groups in total. The molecule has 1 aliphatic rings. The topological polar surface area (TPSA) is 73.0 Å². The predicted octanol–water partition coefficient (Wildman–Crippen LogP) is 2.02. The van der Waals surface area contributed by atoms with Crippen LogP contribution in [0.2, 0.25) is 0 Å². The quantitative estimate of drug-likeness (QED) is 0.638. The van der Waals surface area contributed by atoms with Crippen LogP contribution >= 0.6 is 12.2 Å². The first-order chi connectivity index (χ1) is 13.6. The molecule has 1 saturated heterocycles. The van der Waals surface area contributed by atoms with Gasteiger partial charge in [-0.25, -0.2) is 4.68 Å². The van der Waals surface area contributed by atoms with Crippen LogP contribution < -0.4 is 5.32 Å². The van der Waals surface area contributed by atoms with Gasteiger partial charge in [0.1, 0.15) is 12.7 Å². The van der Waals surface area contributed by atoms with Crippen LogP contribution in [0.1, 0.15) is 34.7 Å². The van der Waals surface area contributed by atoms with E-state index < -0.39 is 0 Å². The van der Waals surface area contributed by atoms with Crippen molar-refractivity contribution >= 4 is 17.3 Å². The summed E-state index contributed by atoms with van der Waals surface area (Å²) in [6, 6.07) is 8.13. The van der Waals surface area contributed by atoms with E-state index in [2.05, 4.69) is 50.0 Å². The minimum absolute atomic E-state index is 0.00832. The second kappa shape index (κ2) is 7.69. The van der Waals surface area contributed by atoms with E-state index in [4.69, 9.17) is 17.0 Å². The SMILES string of the molecule is COCCN1C(=S)NC(c2ccccn2)C1c1cc(C)n(-n2cnnc2)c1C. The van der Waals surface area contributed by atoms with Gasteiger partial charge in [-0.2, -0.15) is 0 Å². The molecular formula is C19H23N7OS. The van der Waals surface area contributed by atoms with Crippen molar-refractivity contribution in [3.05, 3.63) is 65.8 Å². The zero-order valence-electron chi connectivity index (χ0n) is 16.1. The van der Waals surface area contributed by atoms with Crippen LogP contribution in [0.3, 0.4) is 0 Å². The van der Waals surface area contributed by atoms with E-state index >= 15 is 0 Å². The van der Waals surface area contributed by atoms with Gasteiger partial charge in [0, 0.05) is 36.8 Å². The van der Waals surface area contributed by atoms with Gasteiger partial charge in [-0.05, 0) is 44.3 Å². The molecule has 0 aliphatic carbocycles. The highest BCUT2D eigenvalue weighted by molar-refractivity contribution is 7.80. The molecule has 4 rings (SSSR count). The van der Waals surface area contributed by atoms with Crippen LogP contribution in [0, 0.1) is 13.8 Å². The van der Waals surface area contributed by atoms with Crippen molar-refractivity contribution in [2.75, 3.05) is 20.3 Å². The Morgan fingerprint density at radius 3 is 2.68 bits per heavy atom. The van der Waals surface area contributed by atoms with E-state index in [1.54, 1.807) is 19.8 Å². The van der Waals surface area contributed by atoms with Gasteiger partial charge in [0.25, 0.3) is 0 Å². The van der Waals surface area contributed by atoms with Crippen molar-refractivity contribution in [2.24, 2.45) is 0 Å². The number of methoxy groups -OCH3 is 1. The van der Waals surface area contributed by atoms with Crippen molar-refractivity contribution in [3.8, 4) is 0 Å². The molecule has 1 fully saturated rings. The van der Waals surface area contributed by atoms with Crippen LogP contribution in [0.5, 0.6) is 0 Å². The Labute approximate surface area is 169 Å². The van der Waals surface area contributed by atoms with Crippen LogP contribution in [0.15, 0.2) is 43.1 Å². The summed E-state index contributed by atoms with van der Waals surface area (Å²) in [4.78, 5) is 6.77. The zero-order chi connectivity index (χ0) is 19.7. The van der Waals surface area contributed by atoms with E-state index in [0.29, 0.717) is 18.3 Å². The summed E-state index contributed by atoms with van der Waals surface area (Å²) in [5.74, 6) is 0. The van der Waals surface area contributed by atoms with Crippen molar-refractivity contribution < 1.29 is 4.74 Å². The summed E-state index contributed by atoms with van der Waals surface area (Å²) in [7, 11) is 1.70. The van der Waals surface area contributed by atoms with Crippen molar-refractivity contribution in [1.82, 2.24) is 34.8 Å². The summed E-state index contributed by atoms with van der Waals surface area (Å²) < 4.78 is 9.30. The standard InChI is InChI=1S/C19H23N7OS/c1-13-10-15(14(2)26(13)24-11-21-22-12-24)18-17(16-6-4-5-7-20-16)23-19(28)25(18)8-9-27-3/h4-7,10-12,17-18H,8-9H2,1-3H3,(H,23,28). The summed E-state index contributed by atoms with van der Waals surface area (Å²) in [5.41, 5.74) is 4.35. The first-order valence-corrected chi connectivity index (χ1v) is 9.53. The third-order valence-corrected chi connectivity index (χ3v) is 5.48. The minimum Gasteiger partial charge on any atom is -0.383 e. The second-order valence-electron chi connectivity index (χ2n) is 6.79. The molecule has 1 aliphatic heterocycles. The van der Waals surface area contributed by atoms with Crippen LogP contribution in [-0.2, 0) is 4.74 Å². The van der Waals surface area contributed by atoms with Gasteiger partial charge in [0.15, 0.2) is 5.11 Å². The molecule has 0 radical (unpaired) electrons. The third-order valence-electron chi connectivity index (χ3n) is 5.12. The third kappa shape index (κ3) is 3.16. The van der Waals surface area contributed by atoms with Crippen molar-refractivity contribution in [2.45, 2.75) is 25.9 Å². The Balaban J connectivity index is 1.81. The number of thiocarbonyl (C=S) groups is 1. The molecule has 8 nitrogen and oxygen atoms in total. The van der Waals surface area contributed by atoms with E-state index in [-0.39, 0.29) is 12.1 Å². The largest absolute Gasteiger partial charge is 0.383 e. The molecule has 0 bridgehead atoms. The second-order valence-corrected chi connectivity index (χ2v) is 7.18. The van der Waals surface area contributed by atoms with Gasteiger partial charge < -0.3 is 15.0 Å². The molecule has 28 heavy (non-hydrogen) atoms. The van der Waals surface area contributed by atoms with Gasteiger partial charge in [0.2, 0.25) is 0 Å². The molecule has 4 heterocycles. The first-order valence-electron chi connectivity index (χ1n) is 9.13. The molecule has 0 spiro atoms. The Morgan fingerprint density at radius 1 is 1.21 bits per heavy atom. The fraction of sp³-hybridized carbons (Fsp3) is 0.368. The maximum absolute atomic E-state index is 5.67. The number of pyridine rings is 1. The number of nitrogens with one attached hydrogen (secondary N) is 1. The number of hydrogen-bond donors (Lipinski definition) is 1. The highest BCUT2D eigenvalue weighted by Crippen LogP contribution is 2.40. The van der Waals surface area contributed by atoms with E-state index in [1.807, 2.05) is 29.1 Å². The molecule has 9 heteroatoms. The van der Waals surface area contributed by atoms with Crippen molar-refractivity contribution in [1.29, 1.82) is 0 Å². The maximum Gasteiger partial charge on any atom is 0.170 e. The normalized spacial score (nSPS) is 19.2. The predicted molar refractivity (Wildman–Crippen MR) is 109 cm³/mol. The lowest BCUT2D eigenvalue weighted by molar-refractivity contribution is 0.164. The summed E-state index contributed by atoms with van der Waals surface area (Å²) in [6.45, 7) is 5.48. The lowest BCUT2D eigenvalue weighted by Crippen LogP contribution is -2.32. The lowest BCUT2D eigenvalue weighted by Gasteiger charge is -2.27. The summed E-state index contributed by atoms with van der Waals surface area (Å²) in [6.07, 6.45) is 5.20. The fourth-order valence-electron chi connectivity index (χ4n) is 3.91. The smallest absolute Gasteiger partial charge is 0.170 e. The first kappa shape index (κ1) is 18.6. The Hall–Kier alpha value is -2.78. The highest BCUT2D eigenvalue weighted by atomic mass is 32.1. The van der Waals surface area contributed by atoms with Gasteiger partial charge in [0.05, 0.1) is 24.4 Å². The number of hydrogen-bond acceptors (Lipinski definition) is 5. The van der Waals surface area contributed by atoms with Gasteiger partial charge in [-0.1, -0.05) is 6.07 Å². The number of nitrogens with zero attached hydrogens (tertiary/aromatic N) is 6. The van der Waals surface area contributed by atoms with Gasteiger partial charge >= 0.3 is 0 Å². The van der Waals surface area contributed by atoms with E-state index in [1.165, 1.54) is 5.56 Å². The summed E-state index contributed by atoms with van der Waals surface area (Å²) >= 11 is 5.67. The molecule has 3 aromatic heterocycles. The monoisotopic (exact) mass is 397 g/mol. The molecule has 146 valence electrons. The average Bonchev–Trinajstić information content (AvgIpc) is 3.39. The molecular weight excluding hydrogens is 374 g/mol. The molecule has 0 amide bonds. The number of aryl methyl sites for hydroxylation is 1. The number of ether oxygens (including phenoxy) is 1. The molecule has 2 unspecified atom stereocenters. The maximum atomic E-state index is 5.67. The Morgan fingerprint density at radius 2 is 2.00 bits per heavy atom. The van der Waals surface area contributed by atoms with Crippen LogP contribution in [-0.4, -0.2) is 54.8 Å². The van der Waals surface area contributed by atoms with Crippen LogP contribution in [0.4, 0.5) is 0 Å². The van der Waals surface area contributed by atoms with Gasteiger partial charge in [-0.15, -0.1) is 10.2 Å². The van der Waals surface area contributed by atoms with Crippen LogP contribution in [0.25, 0.3) is 0 Å². The molecule has 0 saturated carbocycles. The molecule has 3 aromatic rings. The van der Waals surface area contributed by atoms with Gasteiger partial charge in [-0.3, -0.25) is 9.66 Å². The number of aromatic nitrogens is 5. The molecule has 0 aromatic carbocycles. The van der Waals surface area contributed by atoms with E-state index in [9.17, 15) is 0 Å². The highest BCUT2D eigenvalue weighted by Gasteiger charge is 2.41. The summed E-state index contributed by atoms with van der Waals surface area (Å²) in [5, 5.41) is 12.1. The van der Waals surface area contributed by atoms with E-state index in [0.717, 1.165) is 17.1 Å². The minimum atomic E-state index is -0.0413. The lowest BCUT2D eigenvalue weighted by atomic mass is 9.97. The molecule has 2 atom stereocenters. The Bertz CT molecular complexity index is 954. The average molecular weight is 398 g/mol. The Kier molecular flexibility index (Phi) is 5.10.